The summed E-state index contributed by atoms with van der Waals surface area (Å²) in [6.07, 6.45) is 5.13. The number of ether oxygens (including phenoxy) is 3. The summed E-state index contributed by atoms with van der Waals surface area (Å²) in [5.41, 5.74) is 1.98. The van der Waals surface area contributed by atoms with Crippen LogP contribution >= 0.6 is 0 Å². The largest absolute Gasteiger partial charge is 0.496 e. The average molecular weight is 566 g/mol. The highest BCUT2D eigenvalue weighted by Crippen LogP contribution is 2.41. The van der Waals surface area contributed by atoms with E-state index < -0.39 is 17.6 Å². The summed E-state index contributed by atoms with van der Waals surface area (Å²) in [5, 5.41) is 7.79. The zero-order valence-electron chi connectivity index (χ0n) is 24.5. The monoisotopic (exact) mass is 565 g/mol. The van der Waals surface area contributed by atoms with Crippen LogP contribution in [0.3, 0.4) is 0 Å². The zero-order chi connectivity index (χ0) is 29.6. The molecule has 8 nitrogen and oxygen atoms in total. The summed E-state index contributed by atoms with van der Waals surface area (Å²) in [6, 6.07) is 13.2. The quantitative estimate of drug-likeness (QED) is 0.275. The smallest absolute Gasteiger partial charge is 0.308 e. The molecular formula is C32H40FN3O5. The maximum Gasteiger partial charge on any atom is 0.308 e. The normalized spacial score (nSPS) is 14.5. The number of carbonyl (C=O) groups excluding carboxylic acids is 2. The van der Waals surface area contributed by atoms with Gasteiger partial charge in [-0.2, -0.15) is 5.10 Å². The fourth-order valence-corrected chi connectivity index (χ4v) is 5.28. The Morgan fingerprint density at radius 1 is 1.05 bits per heavy atom. The van der Waals surface area contributed by atoms with Crippen LogP contribution in [-0.4, -0.2) is 47.5 Å². The van der Waals surface area contributed by atoms with E-state index in [0.717, 1.165) is 42.5 Å². The SMILES string of the molecule is COc1cccc(OC)c1-c1cc(C(=O)NC(CCc2ccc(F)cc2)CC(=O)OC(C)(C)C)nn1C1CCCC1. The Morgan fingerprint density at radius 3 is 2.27 bits per heavy atom. The number of carbonyl (C=O) groups is 2. The van der Waals surface area contributed by atoms with E-state index in [4.69, 9.17) is 19.3 Å². The first-order valence-electron chi connectivity index (χ1n) is 14.2. The maximum absolute atomic E-state index is 13.6. The minimum Gasteiger partial charge on any atom is -0.496 e. The van der Waals surface area contributed by atoms with Crippen molar-refractivity contribution in [2.75, 3.05) is 14.2 Å². The third-order valence-electron chi connectivity index (χ3n) is 7.19. The molecule has 41 heavy (non-hydrogen) atoms. The van der Waals surface area contributed by atoms with Crippen molar-refractivity contribution in [1.82, 2.24) is 15.1 Å². The van der Waals surface area contributed by atoms with Crippen LogP contribution in [0.4, 0.5) is 4.39 Å². The van der Waals surface area contributed by atoms with Crippen molar-refractivity contribution in [1.29, 1.82) is 0 Å². The van der Waals surface area contributed by atoms with Gasteiger partial charge in [-0.05, 0) is 82.3 Å². The molecule has 1 atom stereocenters. The van der Waals surface area contributed by atoms with E-state index in [1.807, 2.05) is 22.9 Å². The number of esters is 1. The molecule has 2 aromatic carbocycles. The van der Waals surface area contributed by atoms with Gasteiger partial charge in [0, 0.05) is 6.04 Å². The first-order chi connectivity index (χ1) is 19.6. The van der Waals surface area contributed by atoms with E-state index in [0.29, 0.717) is 24.3 Å². The van der Waals surface area contributed by atoms with Gasteiger partial charge in [-0.3, -0.25) is 14.3 Å². The minimum absolute atomic E-state index is 0.000721. The number of amides is 1. The number of benzene rings is 2. The van der Waals surface area contributed by atoms with E-state index in [1.165, 1.54) is 12.1 Å². The Hall–Kier alpha value is -3.88. The van der Waals surface area contributed by atoms with Crippen molar-refractivity contribution in [2.24, 2.45) is 0 Å². The molecule has 1 aromatic heterocycles. The Morgan fingerprint density at radius 2 is 1.68 bits per heavy atom. The third kappa shape index (κ3) is 7.86. The van der Waals surface area contributed by atoms with Crippen LogP contribution in [0.25, 0.3) is 11.3 Å². The maximum atomic E-state index is 13.6. The molecular weight excluding hydrogens is 525 g/mol. The summed E-state index contributed by atoms with van der Waals surface area (Å²) in [4.78, 5) is 26.4. The minimum atomic E-state index is -0.647. The fraction of sp³-hybridized carbons (Fsp3) is 0.469. The van der Waals surface area contributed by atoms with E-state index in [1.54, 1.807) is 53.2 Å². The van der Waals surface area contributed by atoms with Crippen molar-refractivity contribution in [3.05, 3.63) is 65.6 Å². The summed E-state index contributed by atoms with van der Waals surface area (Å²) >= 11 is 0. The average Bonchev–Trinajstić information content (AvgIpc) is 3.61. The number of hydrogen-bond acceptors (Lipinski definition) is 6. The molecule has 1 aliphatic carbocycles. The van der Waals surface area contributed by atoms with Gasteiger partial charge in [0.15, 0.2) is 5.69 Å². The van der Waals surface area contributed by atoms with Crippen LogP contribution in [0.2, 0.25) is 0 Å². The molecule has 1 unspecified atom stereocenters. The summed E-state index contributed by atoms with van der Waals surface area (Å²) in [7, 11) is 3.20. The second kappa shape index (κ2) is 13.2. The standard InChI is InChI=1S/C32H40FN3O5/c1-32(2,3)41-29(37)19-23(18-15-21-13-16-22(33)17-14-21)34-31(38)25-20-26(36(35-25)24-9-6-7-10-24)30-27(39-4)11-8-12-28(30)40-5/h8,11-14,16-17,20,23-24H,6-7,9-10,15,18-19H2,1-5H3,(H,34,38). The Balaban J connectivity index is 1.62. The summed E-state index contributed by atoms with van der Waals surface area (Å²) in [6.45, 7) is 5.42. The van der Waals surface area contributed by atoms with E-state index in [2.05, 4.69) is 5.32 Å². The van der Waals surface area contributed by atoms with Gasteiger partial charge in [0.2, 0.25) is 0 Å². The van der Waals surface area contributed by atoms with Crippen LogP contribution in [-0.2, 0) is 16.0 Å². The Labute approximate surface area is 241 Å². The highest BCUT2D eigenvalue weighted by Gasteiger charge is 2.28. The fourth-order valence-electron chi connectivity index (χ4n) is 5.28. The van der Waals surface area contributed by atoms with E-state index in [-0.39, 0.29) is 29.9 Å². The molecule has 1 fully saturated rings. The van der Waals surface area contributed by atoms with Gasteiger partial charge in [0.05, 0.1) is 37.9 Å². The number of halogens is 1. The lowest BCUT2D eigenvalue weighted by molar-refractivity contribution is -0.155. The molecule has 0 saturated heterocycles. The number of nitrogens with one attached hydrogen (secondary N) is 1. The molecule has 0 radical (unpaired) electrons. The summed E-state index contributed by atoms with van der Waals surface area (Å²) < 4.78 is 32.2. The Bertz CT molecular complexity index is 1320. The molecule has 220 valence electrons. The zero-order valence-corrected chi connectivity index (χ0v) is 24.5. The van der Waals surface area contributed by atoms with Gasteiger partial charge < -0.3 is 19.5 Å². The number of rotatable bonds is 11. The lowest BCUT2D eigenvalue weighted by Crippen LogP contribution is -2.38. The van der Waals surface area contributed by atoms with Crippen molar-refractivity contribution in [2.45, 2.75) is 83.4 Å². The molecule has 3 aromatic rings. The molecule has 4 rings (SSSR count). The Kier molecular flexibility index (Phi) is 9.68. The van der Waals surface area contributed by atoms with Crippen molar-refractivity contribution >= 4 is 11.9 Å². The van der Waals surface area contributed by atoms with Gasteiger partial charge in [-0.25, -0.2) is 4.39 Å². The first-order valence-corrected chi connectivity index (χ1v) is 14.2. The molecule has 1 heterocycles. The number of hydrogen-bond donors (Lipinski definition) is 1. The molecule has 0 bridgehead atoms. The first kappa shape index (κ1) is 30.1. The molecule has 1 aliphatic rings. The van der Waals surface area contributed by atoms with Crippen LogP contribution < -0.4 is 14.8 Å². The van der Waals surface area contributed by atoms with Crippen LogP contribution in [0.5, 0.6) is 11.5 Å². The number of methoxy groups -OCH3 is 2. The highest BCUT2D eigenvalue weighted by molar-refractivity contribution is 5.94. The number of nitrogens with zero attached hydrogens (tertiary/aromatic N) is 2. The molecule has 0 aliphatic heterocycles. The molecule has 9 heteroatoms. The van der Waals surface area contributed by atoms with Crippen LogP contribution in [0.15, 0.2) is 48.5 Å². The molecule has 1 N–H and O–H groups in total. The lowest BCUT2D eigenvalue weighted by atomic mass is 10.0. The van der Waals surface area contributed by atoms with Gasteiger partial charge in [0.25, 0.3) is 5.91 Å². The van der Waals surface area contributed by atoms with E-state index in [9.17, 15) is 14.0 Å². The summed E-state index contributed by atoms with van der Waals surface area (Å²) in [5.74, 6) is 0.144. The van der Waals surface area contributed by atoms with E-state index >= 15 is 0 Å². The van der Waals surface area contributed by atoms with Crippen molar-refractivity contribution in [3.63, 3.8) is 0 Å². The van der Waals surface area contributed by atoms with Gasteiger partial charge >= 0.3 is 5.97 Å². The number of aromatic nitrogens is 2. The van der Waals surface area contributed by atoms with Crippen molar-refractivity contribution in [3.8, 4) is 22.8 Å². The van der Waals surface area contributed by atoms with Crippen LogP contribution in [0, 0.1) is 5.82 Å². The molecule has 1 saturated carbocycles. The highest BCUT2D eigenvalue weighted by atomic mass is 19.1. The van der Waals surface area contributed by atoms with Crippen LogP contribution in [0.1, 0.15) is 81.4 Å². The second-order valence-electron chi connectivity index (χ2n) is 11.5. The van der Waals surface area contributed by atoms with Gasteiger partial charge in [-0.1, -0.05) is 31.0 Å². The number of aryl methyl sites for hydroxylation is 1. The van der Waals surface area contributed by atoms with Crippen molar-refractivity contribution < 1.29 is 28.2 Å². The predicted octanol–water partition coefficient (Wildman–Crippen LogP) is 6.28. The topological polar surface area (TPSA) is 91.7 Å². The van der Waals surface area contributed by atoms with Gasteiger partial charge in [-0.15, -0.1) is 0 Å². The van der Waals surface area contributed by atoms with Gasteiger partial charge in [0.1, 0.15) is 22.9 Å². The lowest BCUT2D eigenvalue weighted by Gasteiger charge is -2.23. The molecule has 0 spiro atoms. The second-order valence-corrected chi connectivity index (χ2v) is 11.5. The molecule has 1 amide bonds. The third-order valence-corrected chi connectivity index (χ3v) is 7.19. The predicted molar refractivity (Wildman–Crippen MR) is 155 cm³/mol.